The van der Waals surface area contributed by atoms with Gasteiger partial charge in [0.1, 0.15) is 30.3 Å². The van der Waals surface area contributed by atoms with Gasteiger partial charge in [0, 0.05) is 0 Å². The van der Waals surface area contributed by atoms with Crippen molar-refractivity contribution in [3.05, 3.63) is 12.7 Å². The molecule has 12 heteroatoms. The number of nitrogens with zero attached hydrogens (tertiary/aromatic N) is 4. The monoisotopic (exact) mass is 468 g/mol. The van der Waals surface area contributed by atoms with Crippen LogP contribution < -0.4 is 10.8 Å². The molecule has 11 nitrogen and oxygen atoms in total. The van der Waals surface area contributed by atoms with E-state index in [4.69, 9.17) is 19.7 Å². The summed E-state index contributed by atoms with van der Waals surface area (Å²) in [5, 5.41) is 2.90. The van der Waals surface area contributed by atoms with Crippen molar-refractivity contribution >= 4 is 30.5 Å². The lowest BCUT2D eigenvalue weighted by Crippen LogP contribution is -2.41. The molecule has 3 atom stereocenters. The van der Waals surface area contributed by atoms with E-state index >= 15 is 0 Å². The van der Waals surface area contributed by atoms with Crippen LogP contribution in [0.4, 0.5) is 5.82 Å². The number of nitrogens with one attached hydrogen (secondary N) is 1. The standard InChI is InChI=1S/C20H33N6O5P/c1-4-5-6-7-29-20(27)16(8-14(2)3)25-32(28)13-30-15(10-31-32)9-26-12-24-17-18(21)22-11-23-19(17)26/h11-12,14-16H,4-10,13H2,1-3H3,(H,25,28)(H2,21,22,23)/t15-,16?,32?/m0/s1. The van der Waals surface area contributed by atoms with Gasteiger partial charge in [-0.2, -0.15) is 0 Å². The highest BCUT2D eigenvalue weighted by molar-refractivity contribution is 7.56. The number of fused-ring (bicyclic) bond motifs is 1. The molecule has 1 aliphatic rings. The third-order valence-corrected chi connectivity index (χ3v) is 6.88. The zero-order valence-corrected chi connectivity index (χ0v) is 19.8. The summed E-state index contributed by atoms with van der Waals surface area (Å²) in [7, 11) is -3.35. The summed E-state index contributed by atoms with van der Waals surface area (Å²) < 4.78 is 31.9. The summed E-state index contributed by atoms with van der Waals surface area (Å²) in [6.45, 7) is 6.94. The summed E-state index contributed by atoms with van der Waals surface area (Å²) in [5.41, 5.74) is 6.94. The van der Waals surface area contributed by atoms with Gasteiger partial charge in [0.25, 0.3) is 7.52 Å². The van der Waals surface area contributed by atoms with Crippen LogP contribution in [0.5, 0.6) is 0 Å². The Morgan fingerprint density at radius 2 is 2.19 bits per heavy atom. The van der Waals surface area contributed by atoms with Crippen LogP contribution in [0.15, 0.2) is 12.7 Å². The molecule has 3 rings (SSSR count). The Morgan fingerprint density at radius 3 is 2.88 bits per heavy atom. The van der Waals surface area contributed by atoms with E-state index in [9.17, 15) is 9.36 Å². The molecule has 0 aromatic carbocycles. The number of esters is 1. The summed E-state index contributed by atoms with van der Waals surface area (Å²) in [6.07, 6.45) is 5.84. The van der Waals surface area contributed by atoms with Gasteiger partial charge in [0.2, 0.25) is 0 Å². The molecule has 0 spiro atoms. The van der Waals surface area contributed by atoms with Crippen LogP contribution in [-0.4, -0.2) is 57.2 Å². The van der Waals surface area contributed by atoms with E-state index in [1.165, 1.54) is 6.33 Å². The highest BCUT2D eigenvalue weighted by Crippen LogP contribution is 2.46. The molecule has 0 amide bonds. The maximum Gasteiger partial charge on any atom is 0.323 e. The first-order chi connectivity index (χ1) is 15.3. The van der Waals surface area contributed by atoms with Crippen molar-refractivity contribution < 1.29 is 23.4 Å². The SMILES string of the molecule is CCCCCOC(=O)C(CC(C)C)NP1(=O)CO[C@@H](Cn2cnc3c(N)ncnc32)CO1. The number of unbranched alkanes of at least 4 members (excludes halogenated alkanes) is 2. The molecular formula is C20H33N6O5P. The minimum absolute atomic E-state index is 0.102. The molecule has 0 aliphatic carbocycles. The average Bonchev–Trinajstić information content (AvgIpc) is 3.16. The number of ether oxygens (including phenoxy) is 2. The van der Waals surface area contributed by atoms with Crippen LogP contribution in [0.1, 0.15) is 46.5 Å². The average molecular weight is 468 g/mol. The number of rotatable bonds is 11. The highest BCUT2D eigenvalue weighted by atomic mass is 31.2. The summed E-state index contributed by atoms with van der Waals surface area (Å²) in [4.78, 5) is 24.9. The van der Waals surface area contributed by atoms with Crippen LogP contribution in [0.2, 0.25) is 0 Å². The molecule has 0 radical (unpaired) electrons. The van der Waals surface area contributed by atoms with E-state index in [1.54, 1.807) is 10.9 Å². The Balaban J connectivity index is 1.56. The zero-order chi connectivity index (χ0) is 23.1. The molecule has 2 aromatic heterocycles. The molecule has 2 unspecified atom stereocenters. The number of carbonyl (C=O) groups excluding carboxylic acids is 1. The summed E-state index contributed by atoms with van der Waals surface area (Å²) in [5.74, 6) is 0.114. The molecule has 3 N–H and O–H groups in total. The van der Waals surface area contributed by atoms with Crippen molar-refractivity contribution in [2.45, 2.75) is 65.1 Å². The van der Waals surface area contributed by atoms with Gasteiger partial charge >= 0.3 is 5.97 Å². The Bertz CT molecular complexity index is 940. The molecule has 178 valence electrons. The fraction of sp³-hybridized carbons (Fsp3) is 0.700. The summed E-state index contributed by atoms with van der Waals surface area (Å²) in [6, 6.07) is -0.708. The topological polar surface area (TPSA) is 143 Å². The fourth-order valence-corrected chi connectivity index (χ4v) is 5.18. The highest BCUT2D eigenvalue weighted by Gasteiger charge is 2.37. The van der Waals surface area contributed by atoms with Gasteiger partial charge in [-0.1, -0.05) is 33.6 Å². The number of aromatic nitrogens is 4. The Kier molecular flexibility index (Phi) is 8.58. The Hall–Kier alpha value is -2.07. The molecular weight excluding hydrogens is 435 g/mol. The molecule has 3 heterocycles. The second-order valence-electron chi connectivity index (χ2n) is 8.40. The first kappa shape index (κ1) is 24.6. The quantitative estimate of drug-likeness (QED) is 0.287. The number of carbonyl (C=O) groups is 1. The predicted octanol–water partition coefficient (Wildman–Crippen LogP) is 2.71. The van der Waals surface area contributed by atoms with Crippen molar-refractivity contribution in [2.75, 3.05) is 25.3 Å². The van der Waals surface area contributed by atoms with Crippen molar-refractivity contribution in [2.24, 2.45) is 5.92 Å². The van der Waals surface area contributed by atoms with Crippen molar-refractivity contribution in [3.8, 4) is 0 Å². The van der Waals surface area contributed by atoms with E-state index < -0.39 is 19.5 Å². The third kappa shape index (κ3) is 6.48. The van der Waals surface area contributed by atoms with Gasteiger partial charge in [0.05, 0.1) is 26.1 Å². The van der Waals surface area contributed by atoms with Crippen LogP contribution >= 0.6 is 7.52 Å². The minimum atomic E-state index is -3.35. The van der Waals surface area contributed by atoms with Crippen molar-refractivity contribution in [1.29, 1.82) is 0 Å². The Morgan fingerprint density at radius 1 is 1.38 bits per heavy atom. The van der Waals surface area contributed by atoms with Gasteiger partial charge in [-0.3, -0.25) is 9.36 Å². The van der Waals surface area contributed by atoms with Crippen LogP contribution in [0.3, 0.4) is 0 Å². The largest absolute Gasteiger partial charge is 0.465 e. The van der Waals surface area contributed by atoms with Crippen molar-refractivity contribution in [3.63, 3.8) is 0 Å². The second-order valence-corrected chi connectivity index (χ2v) is 10.5. The molecule has 0 saturated carbocycles. The number of hydrogen-bond acceptors (Lipinski definition) is 9. The maximum absolute atomic E-state index is 13.2. The van der Waals surface area contributed by atoms with E-state index in [1.807, 2.05) is 13.8 Å². The fourth-order valence-electron chi connectivity index (χ4n) is 3.46. The maximum atomic E-state index is 13.2. The number of anilines is 1. The lowest BCUT2D eigenvalue weighted by Gasteiger charge is -2.32. The number of hydrogen-bond donors (Lipinski definition) is 2. The molecule has 2 aromatic rings. The first-order valence-corrected chi connectivity index (χ1v) is 12.8. The number of imidazole rings is 1. The second kappa shape index (κ2) is 11.2. The van der Waals surface area contributed by atoms with Gasteiger partial charge in [-0.25, -0.2) is 20.0 Å². The Labute approximate surface area is 187 Å². The predicted molar refractivity (Wildman–Crippen MR) is 120 cm³/mol. The lowest BCUT2D eigenvalue weighted by molar-refractivity contribution is -0.146. The molecule has 1 aliphatic heterocycles. The minimum Gasteiger partial charge on any atom is -0.465 e. The van der Waals surface area contributed by atoms with E-state index in [2.05, 4.69) is 27.0 Å². The molecule has 1 fully saturated rings. The smallest absolute Gasteiger partial charge is 0.323 e. The van der Waals surface area contributed by atoms with Gasteiger partial charge < -0.3 is 24.3 Å². The van der Waals surface area contributed by atoms with Crippen LogP contribution in [0.25, 0.3) is 11.2 Å². The third-order valence-electron chi connectivity index (χ3n) is 5.12. The first-order valence-electron chi connectivity index (χ1n) is 11.0. The van der Waals surface area contributed by atoms with Gasteiger partial charge in [0.15, 0.2) is 11.5 Å². The van der Waals surface area contributed by atoms with E-state index in [-0.39, 0.29) is 25.0 Å². The van der Waals surface area contributed by atoms with Crippen LogP contribution in [0, 0.1) is 5.92 Å². The number of nitrogens with two attached hydrogens (primary N) is 1. The van der Waals surface area contributed by atoms with Gasteiger partial charge in [-0.05, 0) is 18.8 Å². The zero-order valence-electron chi connectivity index (χ0n) is 18.9. The normalized spacial score (nSPS) is 22.3. The molecule has 0 bridgehead atoms. The summed E-state index contributed by atoms with van der Waals surface area (Å²) >= 11 is 0. The van der Waals surface area contributed by atoms with Crippen molar-refractivity contribution in [1.82, 2.24) is 24.6 Å². The molecule has 32 heavy (non-hydrogen) atoms. The van der Waals surface area contributed by atoms with Crippen LogP contribution in [-0.2, 0) is 29.9 Å². The lowest BCUT2D eigenvalue weighted by atomic mass is 10.1. The number of nitrogen functional groups attached to an aromatic ring is 1. The van der Waals surface area contributed by atoms with E-state index in [0.29, 0.717) is 36.6 Å². The van der Waals surface area contributed by atoms with E-state index in [0.717, 1.165) is 19.3 Å². The molecule has 1 saturated heterocycles. The van der Waals surface area contributed by atoms with Gasteiger partial charge in [-0.15, -0.1) is 0 Å².